The van der Waals surface area contributed by atoms with Crippen molar-refractivity contribution in [2.75, 3.05) is 0 Å². The van der Waals surface area contributed by atoms with Gasteiger partial charge in [0.05, 0.1) is 0 Å². The first kappa shape index (κ1) is 12.6. The standard InChI is InChI=1S/C15H24N2/c1-12-2-5-14(6-3-12)15(16)7-4-13-8-10-17-11-9-13/h8-12,14-15H,2-7,16H2,1H3. The Morgan fingerprint density at radius 3 is 2.53 bits per heavy atom. The van der Waals surface area contributed by atoms with Gasteiger partial charge in [0.2, 0.25) is 0 Å². The minimum atomic E-state index is 0.385. The molecule has 1 unspecified atom stereocenters. The van der Waals surface area contributed by atoms with Crippen molar-refractivity contribution in [1.82, 2.24) is 4.98 Å². The highest BCUT2D eigenvalue weighted by Gasteiger charge is 2.23. The van der Waals surface area contributed by atoms with Gasteiger partial charge < -0.3 is 5.73 Å². The molecule has 0 spiro atoms. The van der Waals surface area contributed by atoms with E-state index in [1.165, 1.54) is 31.2 Å². The number of hydrogen-bond acceptors (Lipinski definition) is 2. The van der Waals surface area contributed by atoms with Gasteiger partial charge in [0, 0.05) is 18.4 Å². The average Bonchev–Trinajstić information content (AvgIpc) is 2.38. The fourth-order valence-electron chi connectivity index (χ4n) is 2.83. The van der Waals surface area contributed by atoms with Gasteiger partial charge in [0.1, 0.15) is 0 Å². The van der Waals surface area contributed by atoms with Gasteiger partial charge in [-0.25, -0.2) is 0 Å². The summed E-state index contributed by atoms with van der Waals surface area (Å²) in [6.07, 6.45) is 11.3. The molecule has 0 aliphatic heterocycles. The number of nitrogens with zero attached hydrogens (tertiary/aromatic N) is 1. The minimum Gasteiger partial charge on any atom is -0.327 e. The first-order valence-corrected chi connectivity index (χ1v) is 6.90. The van der Waals surface area contributed by atoms with Crippen LogP contribution in [0, 0.1) is 11.8 Å². The smallest absolute Gasteiger partial charge is 0.0270 e. The van der Waals surface area contributed by atoms with E-state index in [4.69, 9.17) is 5.73 Å². The van der Waals surface area contributed by atoms with E-state index < -0.39 is 0 Å². The van der Waals surface area contributed by atoms with Crippen molar-refractivity contribution in [2.45, 2.75) is 51.5 Å². The van der Waals surface area contributed by atoms with Crippen LogP contribution in [0.5, 0.6) is 0 Å². The topological polar surface area (TPSA) is 38.9 Å². The van der Waals surface area contributed by atoms with E-state index in [0.29, 0.717) is 6.04 Å². The summed E-state index contributed by atoms with van der Waals surface area (Å²) < 4.78 is 0. The Kier molecular flexibility index (Phi) is 4.55. The predicted octanol–water partition coefficient (Wildman–Crippen LogP) is 3.17. The molecule has 0 aromatic carbocycles. The van der Waals surface area contributed by atoms with E-state index in [-0.39, 0.29) is 0 Å². The van der Waals surface area contributed by atoms with Crippen LogP contribution >= 0.6 is 0 Å². The number of pyridine rings is 1. The highest BCUT2D eigenvalue weighted by molar-refractivity contribution is 5.09. The second-order valence-corrected chi connectivity index (χ2v) is 5.58. The van der Waals surface area contributed by atoms with Crippen molar-refractivity contribution in [3.05, 3.63) is 30.1 Å². The zero-order chi connectivity index (χ0) is 12.1. The molecule has 0 amide bonds. The zero-order valence-corrected chi connectivity index (χ0v) is 10.8. The summed E-state index contributed by atoms with van der Waals surface area (Å²) in [5.41, 5.74) is 7.69. The normalized spacial score (nSPS) is 26.7. The van der Waals surface area contributed by atoms with Crippen LogP contribution in [0.4, 0.5) is 0 Å². The van der Waals surface area contributed by atoms with Gasteiger partial charge >= 0.3 is 0 Å². The van der Waals surface area contributed by atoms with Crippen molar-refractivity contribution in [2.24, 2.45) is 17.6 Å². The van der Waals surface area contributed by atoms with Crippen LogP contribution in [0.25, 0.3) is 0 Å². The highest BCUT2D eigenvalue weighted by atomic mass is 14.7. The van der Waals surface area contributed by atoms with Crippen molar-refractivity contribution in [3.63, 3.8) is 0 Å². The van der Waals surface area contributed by atoms with Crippen LogP contribution in [-0.4, -0.2) is 11.0 Å². The molecule has 94 valence electrons. The fraction of sp³-hybridized carbons (Fsp3) is 0.667. The maximum atomic E-state index is 6.33. The third kappa shape index (κ3) is 3.81. The summed E-state index contributed by atoms with van der Waals surface area (Å²) in [6.45, 7) is 2.36. The van der Waals surface area contributed by atoms with Crippen LogP contribution in [0.3, 0.4) is 0 Å². The van der Waals surface area contributed by atoms with Gasteiger partial charge in [-0.1, -0.05) is 19.8 Å². The fourth-order valence-corrected chi connectivity index (χ4v) is 2.83. The van der Waals surface area contributed by atoms with Gasteiger partial charge in [-0.15, -0.1) is 0 Å². The SMILES string of the molecule is CC1CCC(C(N)CCc2ccncc2)CC1. The predicted molar refractivity (Wildman–Crippen MR) is 71.7 cm³/mol. The molecule has 0 bridgehead atoms. The van der Waals surface area contributed by atoms with Crippen molar-refractivity contribution < 1.29 is 0 Å². The summed E-state index contributed by atoms with van der Waals surface area (Å²) in [7, 11) is 0. The molecule has 1 heterocycles. The molecule has 1 saturated carbocycles. The second-order valence-electron chi connectivity index (χ2n) is 5.58. The third-order valence-electron chi connectivity index (χ3n) is 4.18. The molecule has 1 fully saturated rings. The molecule has 0 saturated heterocycles. The summed E-state index contributed by atoms with van der Waals surface area (Å²) in [5.74, 6) is 1.67. The molecule has 2 N–H and O–H groups in total. The van der Waals surface area contributed by atoms with Crippen LogP contribution in [-0.2, 0) is 6.42 Å². The number of nitrogens with two attached hydrogens (primary N) is 1. The third-order valence-corrected chi connectivity index (χ3v) is 4.18. The number of aromatic nitrogens is 1. The Hall–Kier alpha value is -0.890. The minimum absolute atomic E-state index is 0.385. The van der Waals surface area contributed by atoms with Gasteiger partial charge in [0.15, 0.2) is 0 Å². The lowest BCUT2D eigenvalue weighted by molar-refractivity contribution is 0.248. The maximum Gasteiger partial charge on any atom is 0.0270 e. The van der Waals surface area contributed by atoms with Crippen molar-refractivity contribution in [1.29, 1.82) is 0 Å². The molecule has 1 aromatic heterocycles. The molecule has 1 atom stereocenters. The molecule has 17 heavy (non-hydrogen) atoms. The van der Waals surface area contributed by atoms with E-state index in [9.17, 15) is 0 Å². The first-order chi connectivity index (χ1) is 8.25. The Morgan fingerprint density at radius 1 is 1.24 bits per heavy atom. The van der Waals surface area contributed by atoms with E-state index in [1.54, 1.807) is 0 Å². The van der Waals surface area contributed by atoms with Crippen LogP contribution < -0.4 is 5.73 Å². The zero-order valence-electron chi connectivity index (χ0n) is 10.8. The quantitative estimate of drug-likeness (QED) is 0.866. The number of hydrogen-bond donors (Lipinski definition) is 1. The lowest BCUT2D eigenvalue weighted by atomic mass is 9.78. The van der Waals surface area contributed by atoms with Gasteiger partial charge in [0.25, 0.3) is 0 Å². The molecule has 1 aliphatic rings. The highest BCUT2D eigenvalue weighted by Crippen LogP contribution is 2.30. The van der Waals surface area contributed by atoms with E-state index in [0.717, 1.165) is 24.7 Å². The average molecular weight is 232 g/mol. The molecule has 1 aliphatic carbocycles. The Labute approximate surface area is 105 Å². The van der Waals surface area contributed by atoms with E-state index in [2.05, 4.69) is 24.0 Å². The van der Waals surface area contributed by atoms with Crippen LogP contribution in [0.2, 0.25) is 0 Å². The molecular weight excluding hydrogens is 208 g/mol. The van der Waals surface area contributed by atoms with Crippen molar-refractivity contribution >= 4 is 0 Å². The molecular formula is C15H24N2. The van der Waals surface area contributed by atoms with Crippen LogP contribution in [0.1, 0.15) is 44.6 Å². The van der Waals surface area contributed by atoms with E-state index in [1.807, 2.05) is 12.4 Å². The number of aryl methyl sites for hydroxylation is 1. The van der Waals surface area contributed by atoms with Gasteiger partial charge in [-0.05, 0) is 55.2 Å². The van der Waals surface area contributed by atoms with Crippen LogP contribution in [0.15, 0.2) is 24.5 Å². The molecule has 2 nitrogen and oxygen atoms in total. The Balaban J connectivity index is 1.75. The Morgan fingerprint density at radius 2 is 1.88 bits per heavy atom. The lowest BCUT2D eigenvalue weighted by Crippen LogP contribution is -2.33. The summed E-state index contributed by atoms with van der Waals surface area (Å²) >= 11 is 0. The summed E-state index contributed by atoms with van der Waals surface area (Å²) in [6, 6.07) is 4.57. The van der Waals surface area contributed by atoms with Gasteiger partial charge in [-0.2, -0.15) is 0 Å². The lowest BCUT2D eigenvalue weighted by Gasteiger charge is -2.30. The summed E-state index contributed by atoms with van der Waals surface area (Å²) in [4.78, 5) is 4.04. The Bertz CT molecular complexity index is 315. The van der Waals surface area contributed by atoms with E-state index >= 15 is 0 Å². The second kappa shape index (κ2) is 6.15. The largest absolute Gasteiger partial charge is 0.327 e. The first-order valence-electron chi connectivity index (χ1n) is 6.90. The van der Waals surface area contributed by atoms with Gasteiger partial charge in [-0.3, -0.25) is 4.98 Å². The molecule has 1 aromatic rings. The van der Waals surface area contributed by atoms with Crippen molar-refractivity contribution in [3.8, 4) is 0 Å². The maximum absolute atomic E-state index is 6.33. The number of rotatable bonds is 4. The molecule has 2 rings (SSSR count). The molecule has 0 radical (unpaired) electrons. The monoisotopic (exact) mass is 232 g/mol. The molecule has 2 heteroatoms. The summed E-state index contributed by atoms with van der Waals surface area (Å²) in [5, 5.41) is 0.